The van der Waals surface area contributed by atoms with E-state index in [0.29, 0.717) is 19.4 Å². The average Bonchev–Trinajstić information content (AvgIpc) is 3.49. The first-order valence-corrected chi connectivity index (χ1v) is 38.1. The lowest BCUT2D eigenvalue weighted by atomic mass is 10.0. The molecule has 0 aliphatic heterocycles. The Balaban J connectivity index is 3.30. The van der Waals surface area contributed by atoms with E-state index < -0.39 is 12.1 Å². The second-order valence-corrected chi connectivity index (χ2v) is 26.3. The average molecular weight is 1170 g/mol. The largest absolute Gasteiger partial charge is 0.466 e. The SMILES string of the molecule is CCCCCCCC/C=C\CCCCCCCCCC(=O)OCCCCCCCCCCCCCCCCCCCCCCCCCCCCCCCCCCCCCC(=O)NC(CO)C(O)/C=C/CCCCCCCCCCCCCC. The molecule has 6 heteroatoms. The number of allylic oxidation sites excluding steroid dienone is 3. The van der Waals surface area contributed by atoms with E-state index in [2.05, 4.69) is 31.3 Å². The first-order chi connectivity index (χ1) is 41.0. The molecular formula is C77H149NO5. The van der Waals surface area contributed by atoms with Crippen LogP contribution in [0.2, 0.25) is 0 Å². The molecule has 0 heterocycles. The van der Waals surface area contributed by atoms with E-state index in [1.807, 2.05) is 6.08 Å². The molecule has 0 saturated carbocycles. The molecule has 6 nitrogen and oxygen atoms in total. The molecule has 83 heavy (non-hydrogen) atoms. The minimum Gasteiger partial charge on any atom is -0.466 e. The lowest BCUT2D eigenvalue weighted by Crippen LogP contribution is -2.45. The highest BCUT2D eigenvalue weighted by Crippen LogP contribution is 2.20. The van der Waals surface area contributed by atoms with Crippen molar-refractivity contribution in [2.24, 2.45) is 0 Å². The Labute approximate surface area is 520 Å². The van der Waals surface area contributed by atoms with Gasteiger partial charge in [0, 0.05) is 12.8 Å². The molecule has 0 rings (SSSR count). The monoisotopic (exact) mass is 1170 g/mol. The topological polar surface area (TPSA) is 95.9 Å². The molecule has 0 spiro atoms. The van der Waals surface area contributed by atoms with Crippen molar-refractivity contribution in [3.8, 4) is 0 Å². The maximum absolute atomic E-state index is 12.5. The molecule has 0 aliphatic rings. The first-order valence-electron chi connectivity index (χ1n) is 38.1. The van der Waals surface area contributed by atoms with Gasteiger partial charge in [0.15, 0.2) is 0 Å². The summed E-state index contributed by atoms with van der Waals surface area (Å²) in [5, 5.41) is 23.2. The van der Waals surface area contributed by atoms with Crippen LogP contribution in [0.5, 0.6) is 0 Å². The molecule has 2 unspecified atom stereocenters. The summed E-state index contributed by atoms with van der Waals surface area (Å²) in [4.78, 5) is 24.6. The van der Waals surface area contributed by atoms with E-state index in [1.165, 1.54) is 366 Å². The first kappa shape index (κ1) is 81.3. The van der Waals surface area contributed by atoms with Crippen molar-refractivity contribution >= 4 is 11.9 Å². The molecule has 0 saturated heterocycles. The number of hydrogen-bond donors (Lipinski definition) is 3. The van der Waals surface area contributed by atoms with Gasteiger partial charge < -0.3 is 20.3 Å². The molecule has 0 aromatic carbocycles. The second kappa shape index (κ2) is 72.8. The van der Waals surface area contributed by atoms with E-state index in [0.717, 1.165) is 38.5 Å². The molecule has 2 atom stereocenters. The summed E-state index contributed by atoms with van der Waals surface area (Å²) in [7, 11) is 0. The Hall–Kier alpha value is -1.66. The zero-order chi connectivity index (χ0) is 59.9. The van der Waals surface area contributed by atoms with Gasteiger partial charge in [0.25, 0.3) is 0 Å². The molecule has 492 valence electrons. The molecule has 0 fully saturated rings. The van der Waals surface area contributed by atoms with Crippen molar-refractivity contribution in [2.75, 3.05) is 13.2 Å². The fourth-order valence-electron chi connectivity index (χ4n) is 12.2. The van der Waals surface area contributed by atoms with Gasteiger partial charge >= 0.3 is 5.97 Å². The third kappa shape index (κ3) is 69.3. The van der Waals surface area contributed by atoms with E-state index >= 15 is 0 Å². The Kier molecular flexibility index (Phi) is 71.4. The molecule has 0 aliphatic carbocycles. The van der Waals surface area contributed by atoms with Crippen LogP contribution in [0.15, 0.2) is 24.3 Å². The van der Waals surface area contributed by atoms with E-state index in [4.69, 9.17) is 4.74 Å². The second-order valence-electron chi connectivity index (χ2n) is 26.3. The number of aliphatic hydroxyl groups excluding tert-OH is 2. The van der Waals surface area contributed by atoms with Crippen LogP contribution in [0, 0.1) is 0 Å². The predicted molar refractivity (Wildman–Crippen MR) is 366 cm³/mol. The summed E-state index contributed by atoms with van der Waals surface area (Å²) in [5.74, 6) is -0.0404. The number of nitrogens with one attached hydrogen (secondary N) is 1. The van der Waals surface area contributed by atoms with Gasteiger partial charge in [-0.2, -0.15) is 0 Å². The van der Waals surface area contributed by atoms with Crippen molar-refractivity contribution < 1.29 is 24.5 Å². The van der Waals surface area contributed by atoms with Crippen molar-refractivity contribution in [3.05, 3.63) is 24.3 Å². The highest BCUT2D eigenvalue weighted by Gasteiger charge is 2.18. The molecule has 0 bridgehead atoms. The number of amides is 1. The molecule has 3 N–H and O–H groups in total. The number of aliphatic hydroxyl groups is 2. The normalized spacial score (nSPS) is 12.6. The van der Waals surface area contributed by atoms with Gasteiger partial charge in [0.1, 0.15) is 0 Å². The lowest BCUT2D eigenvalue weighted by molar-refractivity contribution is -0.143. The quantitative estimate of drug-likeness (QED) is 0.0320. The minimum absolute atomic E-state index is 0.0198. The smallest absolute Gasteiger partial charge is 0.305 e. The van der Waals surface area contributed by atoms with Crippen LogP contribution in [-0.2, 0) is 14.3 Å². The molecule has 1 amide bonds. The Morgan fingerprint density at radius 2 is 0.566 bits per heavy atom. The summed E-state index contributed by atoms with van der Waals surface area (Å²) in [5.41, 5.74) is 0. The molecule has 0 aromatic heterocycles. The maximum Gasteiger partial charge on any atom is 0.305 e. The van der Waals surface area contributed by atoms with Crippen LogP contribution in [0.3, 0.4) is 0 Å². The van der Waals surface area contributed by atoms with Crippen molar-refractivity contribution in [1.29, 1.82) is 0 Å². The summed E-state index contributed by atoms with van der Waals surface area (Å²) in [6, 6.07) is -0.623. The van der Waals surface area contributed by atoms with Gasteiger partial charge in [0.05, 0.1) is 25.4 Å². The number of ether oxygens (including phenoxy) is 1. The van der Waals surface area contributed by atoms with Crippen molar-refractivity contribution in [1.82, 2.24) is 5.32 Å². The van der Waals surface area contributed by atoms with E-state index in [1.54, 1.807) is 6.08 Å². The summed E-state index contributed by atoms with van der Waals surface area (Å²) in [6.45, 7) is 4.94. The van der Waals surface area contributed by atoms with Crippen LogP contribution in [0.25, 0.3) is 0 Å². The van der Waals surface area contributed by atoms with Gasteiger partial charge in [-0.3, -0.25) is 9.59 Å². The standard InChI is InChI=1S/C77H149NO5/c1-3-5-7-9-11-13-15-17-19-39-43-47-51-55-59-63-67-71-77(82)83-72-68-64-60-56-52-48-44-41-38-36-34-32-30-28-26-24-22-20-21-23-25-27-29-31-33-35-37-40-42-46-50-54-58-62-66-70-76(81)78-74(73-79)75(80)69-65-61-57-53-49-45-18-16-14-12-10-8-6-4-2/h17,19,65,69,74-75,79-80H,3-16,18,20-64,66-68,70-73H2,1-2H3,(H,78,81)/b19-17-,69-65+. The molecule has 0 radical (unpaired) electrons. The van der Waals surface area contributed by atoms with Gasteiger partial charge in [-0.1, -0.05) is 385 Å². The number of unbranched alkanes of at least 4 members (excludes halogenated alkanes) is 59. The number of carbonyl (C=O) groups excluding carboxylic acids is 2. The van der Waals surface area contributed by atoms with E-state index in [9.17, 15) is 19.8 Å². The molecule has 0 aromatic rings. The zero-order valence-corrected chi connectivity index (χ0v) is 56.5. The summed E-state index contributed by atoms with van der Waals surface area (Å²) < 4.78 is 5.51. The fraction of sp³-hybridized carbons (Fsp3) is 0.922. The van der Waals surface area contributed by atoms with Gasteiger partial charge in [-0.15, -0.1) is 0 Å². The summed E-state index contributed by atoms with van der Waals surface area (Å²) >= 11 is 0. The zero-order valence-electron chi connectivity index (χ0n) is 56.5. The van der Waals surface area contributed by atoms with Gasteiger partial charge in [-0.25, -0.2) is 0 Å². The Bertz CT molecular complexity index is 1300. The third-order valence-corrected chi connectivity index (χ3v) is 18.0. The Morgan fingerprint density at radius 1 is 0.325 bits per heavy atom. The number of rotatable bonds is 72. The van der Waals surface area contributed by atoms with Crippen LogP contribution in [0.1, 0.15) is 431 Å². The van der Waals surface area contributed by atoms with Crippen LogP contribution < -0.4 is 5.32 Å². The third-order valence-electron chi connectivity index (χ3n) is 18.0. The molecular weight excluding hydrogens is 1020 g/mol. The van der Waals surface area contributed by atoms with Crippen molar-refractivity contribution in [2.45, 2.75) is 443 Å². The highest BCUT2D eigenvalue weighted by atomic mass is 16.5. The van der Waals surface area contributed by atoms with Gasteiger partial charge in [0.2, 0.25) is 5.91 Å². The number of hydrogen-bond acceptors (Lipinski definition) is 5. The number of esters is 1. The fourth-order valence-corrected chi connectivity index (χ4v) is 12.2. The highest BCUT2D eigenvalue weighted by molar-refractivity contribution is 5.76. The minimum atomic E-state index is -0.840. The van der Waals surface area contributed by atoms with Crippen LogP contribution >= 0.6 is 0 Å². The van der Waals surface area contributed by atoms with Crippen LogP contribution in [0.4, 0.5) is 0 Å². The number of carbonyl (C=O) groups is 2. The maximum atomic E-state index is 12.5. The summed E-state index contributed by atoms with van der Waals surface area (Å²) in [6.07, 6.45) is 93.0. The van der Waals surface area contributed by atoms with Crippen LogP contribution in [-0.4, -0.2) is 47.4 Å². The van der Waals surface area contributed by atoms with E-state index in [-0.39, 0.29) is 18.5 Å². The van der Waals surface area contributed by atoms with Crippen molar-refractivity contribution in [3.63, 3.8) is 0 Å². The predicted octanol–water partition coefficient (Wildman–Crippen LogP) is 24.9. The van der Waals surface area contributed by atoms with Gasteiger partial charge in [-0.05, 0) is 57.8 Å². The lowest BCUT2D eigenvalue weighted by Gasteiger charge is -2.20. The Morgan fingerprint density at radius 3 is 0.855 bits per heavy atom.